The number of hydrogen-bond donors (Lipinski definition) is 1. The van der Waals surface area contributed by atoms with Crippen LogP contribution in [-0.4, -0.2) is 36.9 Å². The molecule has 0 radical (unpaired) electrons. The van der Waals surface area contributed by atoms with E-state index in [2.05, 4.69) is 11.4 Å². The third-order valence-corrected chi connectivity index (χ3v) is 3.28. The van der Waals surface area contributed by atoms with E-state index in [9.17, 15) is 9.59 Å². The Hall–Kier alpha value is -1.57. The zero-order chi connectivity index (χ0) is 13.7. The minimum atomic E-state index is -0.166. The first-order chi connectivity index (χ1) is 8.45. The van der Waals surface area contributed by atoms with Crippen LogP contribution in [0.2, 0.25) is 0 Å². The van der Waals surface area contributed by atoms with Gasteiger partial charge in [-0.15, -0.1) is 0 Å². The van der Waals surface area contributed by atoms with Crippen LogP contribution >= 0.6 is 0 Å². The van der Waals surface area contributed by atoms with Crippen LogP contribution in [0.3, 0.4) is 0 Å². The molecule has 1 aliphatic rings. The van der Waals surface area contributed by atoms with Crippen LogP contribution in [0, 0.1) is 29.1 Å². The van der Waals surface area contributed by atoms with Gasteiger partial charge in [0.15, 0.2) is 0 Å². The van der Waals surface area contributed by atoms with E-state index in [1.807, 2.05) is 6.92 Å². The molecule has 1 fully saturated rings. The summed E-state index contributed by atoms with van der Waals surface area (Å²) in [6.45, 7) is 4.64. The van der Waals surface area contributed by atoms with Gasteiger partial charge < -0.3 is 10.2 Å². The lowest BCUT2D eigenvalue weighted by molar-refractivity contribution is -0.130. The van der Waals surface area contributed by atoms with E-state index in [0.29, 0.717) is 25.4 Å². The van der Waals surface area contributed by atoms with E-state index >= 15 is 0 Å². The van der Waals surface area contributed by atoms with Gasteiger partial charge in [0.25, 0.3) is 0 Å². The second-order valence-electron chi connectivity index (χ2n) is 5.16. The van der Waals surface area contributed by atoms with Crippen molar-refractivity contribution >= 4 is 11.8 Å². The van der Waals surface area contributed by atoms with Crippen molar-refractivity contribution in [3.8, 4) is 6.07 Å². The third-order valence-electron chi connectivity index (χ3n) is 3.28. The lowest BCUT2D eigenvalue weighted by Gasteiger charge is -2.18. The Balaban J connectivity index is 2.16. The van der Waals surface area contributed by atoms with E-state index in [-0.39, 0.29) is 23.7 Å². The average Bonchev–Trinajstić information content (AvgIpc) is 3.05. The van der Waals surface area contributed by atoms with Crippen LogP contribution in [0.15, 0.2) is 0 Å². The number of hydrogen-bond acceptors (Lipinski definition) is 3. The topological polar surface area (TPSA) is 73.2 Å². The highest BCUT2D eigenvalue weighted by Gasteiger charge is 2.38. The molecule has 1 saturated carbocycles. The van der Waals surface area contributed by atoms with Gasteiger partial charge in [-0.25, -0.2) is 0 Å². The quantitative estimate of drug-likeness (QED) is 0.757. The summed E-state index contributed by atoms with van der Waals surface area (Å²) in [7, 11) is 1.68. The van der Waals surface area contributed by atoms with Gasteiger partial charge in [-0.2, -0.15) is 5.26 Å². The highest BCUT2D eigenvalue weighted by Crippen LogP contribution is 2.37. The Kier molecular flexibility index (Phi) is 5.14. The van der Waals surface area contributed by atoms with E-state index in [4.69, 9.17) is 5.26 Å². The minimum absolute atomic E-state index is 0.0405. The van der Waals surface area contributed by atoms with Crippen LogP contribution in [0.1, 0.15) is 26.7 Å². The van der Waals surface area contributed by atoms with Crippen molar-refractivity contribution in [1.82, 2.24) is 10.2 Å². The fraction of sp³-hybridized carbons (Fsp3) is 0.769. The molecule has 5 heteroatoms. The summed E-state index contributed by atoms with van der Waals surface area (Å²) in [5.74, 6) is 0.488. The van der Waals surface area contributed by atoms with Crippen molar-refractivity contribution in [1.29, 1.82) is 5.26 Å². The van der Waals surface area contributed by atoms with Gasteiger partial charge in [-0.05, 0) is 19.3 Å². The van der Waals surface area contributed by atoms with Gasteiger partial charge in [0.05, 0.1) is 12.0 Å². The van der Waals surface area contributed by atoms with Gasteiger partial charge in [0.2, 0.25) is 11.8 Å². The maximum absolute atomic E-state index is 11.7. The summed E-state index contributed by atoms with van der Waals surface area (Å²) < 4.78 is 0. The number of carbonyl (C=O) groups excluding carboxylic acids is 2. The Labute approximate surface area is 108 Å². The van der Waals surface area contributed by atoms with Crippen molar-refractivity contribution in [2.75, 3.05) is 20.1 Å². The molecule has 0 aromatic heterocycles. The van der Waals surface area contributed by atoms with Crippen molar-refractivity contribution in [3.05, 3.63) is 0 Å². The zero-order valence-electron chi connectivity index (χ0n) is 11.3. The van der Waals surface area contributed by atoms with Gasteiger partial charge in [-0.1, -0.05) is 6.92 Å². The van der Waals surface area contributed by atoms with Crippen LogP contribution in [0.25, 0.3) is 0 Å². The molecule has 18 heavy (non-hydrogen) atoms. The monoisotopic (exact) mass is 251 g/mol. The van der Waals surface area contributed by atoms with Crippen LogP contribution < -0.4 is 5.32 Å². The number of rotatable bonds is 6. The highest BCUT2D eigenvalue weighted by atomic mass is 16.2. The summed E-state index contributed by atoms with van der Waals surface area (Å²) in [6, 6.07) is 2.09. The molecule has 2 amide bonds. The first-order valence-corrected chi connectivity index (χ1v) is 6.37. The van der Waals surface area contributed by atoms with Crippen molar-refractivity contribution in [3.63, 3.8) is 0 Å². The second-order valence-corrected chi connectivity index (χ2v) is 5.16. The Morgan fingerprint density at radius 1 is 1.56 bits per heavy atom. The molecule has 0 bridgehead atoms. The van der Waals surface area contributed by atoms with E-state index in [1.54, 1.807) is 18.9 Å². The third kappa shape index (κ3) is 4.36. The van der Waals surface area contributed by atoms with E-state index < -0.39 is 0 Å². The Morgan fingerprint density at radius 2 is 2.17 bits per heavy atom. The second kappa shape index (κ2) is 6.39. The van der Waals surface area contributed by atoms with Gasteiger partial charge >= 0.3 is 0 Å². The predicted molar refractivity (Wildman–Crippen MR) is 67.3 cm³/mol. The molecular formula is C13H21N3O2. The lowest BCUT2D eigenvalue weighted by atomic mass is 10.2. The summed E-state index contributed by atoms with van der Waals surface area (Å²) in [6.07, 6.45) is 1.25. The predicted octanol–water partition coefficient (Wildman–Crippen LogP) is 0.767. The van der Waals surface area contributed by atoms with Crippen LogP contribution in [-0.2, 0) is 9.59 Å². The standard InChI is InChI=1S/C13H21N3O2/c1-9(7-14)8-16(3)12(17)4-5-15-13(18)11-6-10(11)2/h9-11H,4-6,8H2,1-3H3,(H,15,18). The number of nitrogens with zero attached hydrogens (tertiary/aromatic N) is 2. The molecule has 5 nitrogen and oxygen atoms in total. The molecule has 1 rings (SSSR count). The fourth-order valence-electron chi connectivity index (χ4n) is 1.86. The largest absolute Gasteiger partial charge is 0.355 e. The first-order valence-electron chi connectivity index (χ1n) is 6.37. The maximum atomic E-state index is 11.7. The van der Waals surface area contributed by atoms with Crippen LogP contribution in [0.4, 0.5) is 0 Å². The van der Waals surface area contributed by atoms with E-state index in [0.717, 1.165) is 6.42 Å². The molecule has 100 valence electrons. The van der Waals surface area contributed by atoms with Crippen molar-refractivity contribution in [2.24, 2.45) is 17.8 Å². The van der Waals surface area contributed by atoms with Gasteiger partial charge in [0.1, 0.15) is 0 Å². The molecule has 3 atom stereocenters. The molecule has 0 saturated heterocycles. The SMILES string of the molecule is CC(C#N)CN(C)C(=O)CCNC(=O)C1CC1C. The summed E-state index contributed by atoms with van der Waals surface area (Å²) in [4.78, 5) is 24.7. The number of carbonyl (C=O) groups is 2. The lowest BCUT2D eigenvalue weighted by Crippen LogP contribution is -2.34. The number of nitrogens with one attached hydrogen (secondary N) is 1. The Morgan fingerprint density at radius 3 is 2.67 bits per heavy atom. The van der Waals surface area contributed by atoms with Crippen molar-refractivity contribution < 1.29 is 9.59 Å². The van der Waals surface area contributed by atoms with E-state index in [1.165, 1.54) is 0 Å². The smallest absolute Gasteiger partial charge is 0.224 e. The molecule has 0 aliphatic heterocycles. The molecule has 3 unspecified atom stereocenters. The average molecular weight is 251 g/mol. The summed E-state index contributed by atoms with van der Waals surface area (Å²) >= 11 is 0. The molecule has 0 spiro atoms. The summed E-state index contributed by atoms with van der Waals surface area (Å²) in [5, 5.41) is 11.4. The molecule has 1 N–H and O–H groups in total. The molecule has 0 heterocycles. The minimum Gasteiger partial charge on any atom is -0.355 e. The maximum Gasteiger partial charge on any atom is 0.224 e. The van der Waals surface area contributed by atoms with Crippen LogP contribution in [0.5, 0.6) is 0 Å². The fourth-order valence-corrected chi connectivity index (χ4v) is 1.86. The first kappa shape index (κ1) is 14.5. The Bertz CT molecular complexity index is 362. The normalized spacial score (nSPS) is 22.8. The highest BCUT2D eigenvalue weighted by molar-refractivity contribution is 5.82. The molecular weight excluding hydrogens is 230 g/mol. The van der Waals surface area contributed by atoms with Crippen molar-refractivity contribution in [2.45, 2.75) is 26.7 Å². The zero-order valence-corrected chi connectivity index (χ0v) is 11.3. The number of nitriles is 1. The number of amides is 2. The van der Waals surface area contributed by atoms with Gasteiger partial charge in [-0.3, -0.25) is 9.59 Å². The molecule has 0 aromatic carbocycles. The molecule has 1 aliphatic carbocycles. The summed E-state index contributed by atoms with van der Waals surface area (Å²) in [5.41, 5.74) is 0. The van der Waals surface area contributed by atoms with Gasteiger partial charge in [0, 0.05) is 32.5 Å². The molecule has 0 aromatic rings.